The van der Waals surface area contributed by atoms with Gasteiger partial charge in [0.15, 0.2) is 5.11 Å². The van der Waals surface area contributed by atoms with Crippen LogP contribution in [0.3, 0.4) is 0 Å². The van der Waals surface area contributed by atoms with E-state index in [1.165, 1.54) is 24.3 Å². The molecule has 3 N–H and O–H groups in total. The van der Waals surface area contributed by atoms with Crippen LogP contribution < -0.4 is 15.4 Å². The fraction of sp³-hybridized carbons (Fsp3) is 0. The van der Waals surface area contributed by atoms with Gasteiger partial charge >= 0.3 is 0 Å². The molecule has 10 heteroatoms. The Morgan fingerprint density at radius 1 is 0.862 bits per heavy atom. The first-order chi connectivity index (χ1) is 13.7. The van der Waals surface area contributed by atoms with E-state index >= 15 is 0 Å². The monoisotopic (exact) mass is 469 g/mol. The normalized spacial score (nSPS) is 11.0. The largest absolute Gasteiger partial charge is 0.332 e. The van der Waals surface area contributed by atoms with Crippen LogP contribution in [0.4, 0.5) is 21.5 Å². The van der Waals surface area contributed by atoms with E-state index in [1.807, 2.05) is 0 Å². The topological polar surface area (TPSA) is 70.2 Å². The molecule has 0 aliphatic rings. The Morgan fingerprint density at radius 2 is 1.48 bits per heavy atom. The highest BCUT2D eigenvalue weighted by Gasteiger charge is 2.15. The Balaban J connectivity index is 1.67. The number of rotatable bonds is 5. The number of hydrogen-bond donors (Lipinski definition) is 3. The predicted molar refractivity (Wildman–Crippen MR) is 120 cm³/mol. The summed E-state index contributed by atoms with van der Waals surface area (Å²) in [5.74, 6) is -0.569. The number of halogens is 3. The Labute approximate surface area is 182 Å². The molecule has 150 valence electrons. The zero-order valence-electron chi connectivity index (χ0n) is 14.6. The Hall–Kier alpha value is -2.39. The van der Waals surface area contributed by atoms with Crippen molar-refractivity contribution < 1.29 is 12.8 Å². The number of hydrogen-bond acceptors (Lipinski definition) is 3. The molecular weight excluding hydrogens is 456 g/mol. The second-order valence-corrected chi connectivity index (χ2v) is 8.72. The third-order valence-corrected chi connectivity index (χ3v) is 5.94. The van der Waals surface area contributed by atoms with Gasteiger partial charge in [-0.15, -0.1) is 0 Å². The van der Waals surface area contributed by atoms with Crippen molar-refractivity contribution in [2.75, 3.05) is 15.4 Å². The minimum atomic E-state index is -3.80. The van der Waals surface area contributed by atoms with E-state index in [9.17, 15) is 12.8 Å². The lowest BCUT2D eigenvalue weighted by atomic mass is 10.3. The van der Waals surface area contributed by atoms with Crippen LogP contribution in [0.5, 0.6) is 0 Å². The van der Waals surface area contributed by atoms with Gasteiger partial charge in [-0.2, -0.15) is 0 Å². The van der Waals surface area contributed by atoms with Gasteiger partial charge in [-0.1, -0.05) is 35.3 Å². The van der Waals surface area contributed by atoms with Crippen molar-refractivity contribution in [3.05, 3.63) is 82.6 Å². The van der Waals surface area contributed by atoms with E-state index in [0.29, 0.717) is 16.4 Å². The molecule has 0 aliphatic carbocycles. The van der Waals surface area contributed by atoms with E-state index in [0.717, 1.165) is 0 Å². The van der Waals surface area contributed by atoms with Gasteiger partial charge in [0.25, 0.3) is 10.0 Å². The number of anilines is 3. The summed E-state index contributed by atoms with van der Waals surface area (Å²) in [5, 5.41) is 6.22. The van der Waals surface area contributed by atoms with Gasteiger partial charge in [0.2, 0.25) is 0 Å². The smallest absolute Gasteiger partial charge is 0.261 e. The molecule has 0 aliphatic heterocycles. The zero-order chi connectivity index (χ0) is 21.0. The molecule has 0 aromatic heterocycles. The molecule has 3 aromatic carbocycles. The number of benzene rings is 3. The van der Waals surface area contributed by atoms with Crippen LogP contribution in [0.1, 0.15) is 0 Å². The fourth-order valence-electron chi connectivity index (χ4n) is 2.33. The first-order valence-electron chi connectivity index (χ1n) is 8.15. The minimum absolute atomic E-state index is 0.0108. The summed E-state index contributed by atoms with van der Waals surface area (Å²) in [5.41, 5.74) is 1.26. The maximum atomic E-state index is 13.5. The van der Waals surface area contributed by atoms with Crippen LogP contribution in [0.15, 0.2) is 71.6 Å². The molecule has 0 fully saturated rings. The second-order valence-electron chi connectivity index (χ2n) is 5.82. The number of sulfonamides is 1. The van der Waals surface area contributed by atoms with E-state index in [1.54, 1.807) is 42.5 Å². The first kappa shape index (κ1) is 21.3. The summed E-state index contributed by atoms with van der Waals surface area (Å²) < 4.78 is 41.0. The number of nitrogens with one attached hydrogen (secondary N) is 3. The lowest BCUT2D eigenvalue weighted by Crippen LogP contribution is -2.19. The molecule has 5 nitrogen and oxygen atoms in total. The summed E-state index contributed by atoms with van der Waals surface area (Å²) in [7, 11) is -3.80. The van der Waals surface area contributed by atoms with Crippen LogP contribution in [-0.2, 0) is 10.0 Å². The summed E-state index contributed by atoms with van der Waals surface area (Å²) in [4.78, 5) is 0.0571. The number of thiocarbonyl (C=S) groups is 1. The molecular formula is C19H14Cl2FN3O2S2. The highest BCUT2D eigenvalue weighted by molar-refractivity contribution is 7.92. The van der Waals surface area contributed by atoms with Crippen molar-refractivity contribution in [1.29, 1.82) is 0 Å². The summed E-state index contributed by atoms with van der Waals surface area (Å²) in [6.45, 7) is 0. The van der Waals surface area contributed by atoms with Crippen molar-refractivity contribution in [3.63, 3.8) is 0 Å². The predicted octanol–water partition coefficient (Wildman–Crippen LogP) is 5.74. The lowest BCUT2D eigenvalue weighted by Gasteiger charge is -2.12. The molecule has 3 aromatic rings. The van der Waals surface area contributed by atoms with Gasteiger partial charge in [-0.25, -0.2) is 12.8 Å². The molecule has 0 saturated heterocycles. The average Bonchev–Trinajstić information content (AvgIpc) is 2.67. The maximum absolute atomic E-state index is 13.5. The molecule has 0 spiro atoms. The van der Waals surface area contributed by atoms with E-state index in [2.05, 4.69) is 15.4 Å². The molecule has 0 radical (unpaired) electrons. The third-order valence-electron chi connectivity index (χ3n) is 3.72. The zero-order valence-corrected chi connectivity index (χ0v) is 17.8. The minimum Gasteiger partial charge on any atom is -0.332 e. The summed E-state index contributed by atoms with van der Waals surface area (Å²) in [6.07, 6.45) is 0. The van der Waals surface area contributed by atoms with Gasteiger partial charge in [0.1, 0.15) is 5.82 Å². The second kappa shape index (κ2) is 8.96. The average molecular weight is 470 g/mol. The summed E-state index contributed by atoms with van der Waals surface area (Å²) >= 11 is 16.8. The molecule has 0 saturated carbocycles. The molecule has 29 heavy (non-hydrogen) atoms. The molecule has 0 atom stereocenters. The van der Waals surface area contributed by atoms with Crippen molar-refractivity contribution in [2.24, 2.45) is 0 Å². The molecule has 3 rings (SSSR count). The highest BCUT2D eigenvalue weighted by atomic mass is 35.5. The lowest BCUT2D eigenvalue weighted by molar-refractivity contribution is 0.601. The first-order valence-corrected chi connectivity index (χ1v) is 10.8. The van der Waals surface area contributed by atoms with Gasteiger partial charge in [-0.05, 0) is 66.8 Å². The Morgan fingerprint density at radius 3 is 2.14 bits per heavy atom. The van der Waals surface area contributed by atoms with E-state index in [4.69, 9.17) is 35.4 Å². The van der Waals surface area contributed by atoms with Crippen LogP contribution in [0.25, 0.3) is 0 Å². The van der Waals surface area contributed by atoms with Gasteiger partial charge in [0.05, 0.1) is 20.6 Å². The van der Waals surface area contributed by atoms with E-state index < -0.39 is 15.8 Å². The van der Waals surface area contributed by atoms with Crippen LogP contribution >= 0.6 is 35.4 Å². The quantitative estimate of drug-likeness (QED) is 0.415. The SMILES string of the molecule is O=S(=O)(Nc1ccccc1Cl)c1ccc(NC(=S)Nc2ccc(Cl)c(F)c2)cc1. The van der Waals surface area contributed by atoms with Crippen molar-refractivity contribution >= 4 is 67.6 Å². The molecule has 0 amide bonds. The van der Waals surface area contributed by atoms with Crippen LogP contribution in [0.2, 0.25) is 10.0 Å². The van der Waals surface area contributed by atoms with E-state index in [-0.39, 0.29) is 20.7 Å². The van der Waals surface area contributed by atoms with Crippen molar-refractivity contribution in [2.45, 2.75) is 4.90 Å². The van der Waals surface area contributed by atoms with Crippen LogP contribution in [0, 0.1) is 5.82 Å². The molecule has 0 bridgehead atoms. The van der Waals surface area contributed by atoms with Gasteiger partial charge < -0.3 is 10.6 Å². The fourth-order valence-corrected chi connectivity index (χ4v) is 4.00. The molecule has 0 heterocycles. The third kappa shape index (κ3) is 5.57. The van der Waals surface area contributed by atoms with Crippen LogP contribution in [-0.4, -0.2) is 13.5 Å². The molecule has 0 unspecified atom stereocenters. The maximum Gasteiger partial charge on any atom is 0.261 e. The Bertz CT molecular complexity index is 1160. The number of para-hydroxylation sites is 1. The van der Waals surface area contributed by atoms with Crippen molar-refractivity contribution in [1.82, 2.24) is 0 Å². The van der Waals surface area contributed by atoms with Gasteiger partial charge in [0, 0.05) is 11.4 Å². The van der Waals surface area contributed by atoms with Crippen molar-refractivity contribution in [3.8, 4) is 0 Å². The standard InChI is InChI=1S/C19H14Cl2FN3O2S2/c20-15-10-7-13(11-17(15)22)24-19(28)23-12-5-8-14(9-6-12)29(26,27)25-18-4-2-1-3-16(18)21/h1-11,25H,(H2,23,24,28). The highest BCUT2D eigenvalue weighted by Crippen LogP contribution is 2.24. The Kier molecular flexibility index (Phi) is 6.59. The van der Waals surface area contributed by atoms with Gasteiger partial charge in [-0.3, -0.25) is 4.72 Å². The summed E-state index contributed by atoms with van der Waals surface area (Å²) in [6, 6.07) is 16.7.